The maximum atomic E-state index is 4.91. The number of para-hydroxylation sites is 3. The van der Waals surface area contributed by atoms with Crippen LogP contribution in [0, 0.1) is 44.0 Å². The van der Waals surface area contributed by atoms with E-state index in [9.17, 15) is 0 Å². The van der Waals surface area contributed by atoms with Crippen molar-refractivity contribution in [3.63, 3.8) is 0 Å². The fourth-order valence-electron chi connectivity index (χ4n) is 5.26. The minimum Gasteiger partial charge on any atom is -0.391 e. The minimum absolute atomic E-state index is 0. The Balaban J connectivity index is 0.000000414. The summed E-state index contributed by atoms with van der Waals surface area (Å²) in [6.07, 6.45) is 7.01. The summed E-state index contributed by atoms with van der Waals surface area (Å²) < 4.78 is 2.14. The van der Waals surface area contributed by atoms with Gasteiger partial charge >= 0.3 is 32.7 Å². The van der Waals surface area contributed by atoms with Gasteiger partial charge in [0.1, 0.15) is 0 Å². The van der Waals surface area contributed by atoms with Crippen LogP contribution in [0.4, 0.5) is 0 Å². The van der Waals surface area contributed by atoms with Gasteiger partial charge in [0.25, 0.3) is 0 Å². The predicted molar refractivity (Wildman–Crippen MR) is 211 cm³/mol. The number of imidazole rings is 1. The third-order valence-electron chi connectivity index (χ3n) is 7.90. The third kappa shape index (κ3) is 11.3. The van der Waals surface area contributed by atoms with Crippen LogP contribution in [0.1, 0.15) is 0 Å². The van der Waals surface area contributed by atoms with Crippen LogP contribution in [0.5, 0.6) is 0 Å². The van der Waals surface area contributed by atoms with Crippen LogP contribution in [0.3, 0.4) is 0 Å². The Morgan fingerprint density at radius 3 is 1.89 bits per heavy atom. The number of hydrogen-bond acceptors (Lipinski definition) is 4. The van der Waals surface area contributed by atoms with E-state index < -0.39 is 8.07 Å². The summed E-state index contributed by atoms with van der Waals surface area (Å²) in [6.45, 7) is 6.88. The van der Waals surface area contributed by atoms with Gasteiger partial charge < -0.3 is 33.6 Å². The van der Waals surface area contributed by atoms with E-state index in [2.05, 4.69) is 93.9 Å². The number of pyridine rings is 1. The molecule has 0 spiro atoms. The minimum atomic E-state index is -1.29. The van der Waals surface area contributed by atoms with E-state index in [1.165, 1.54) is 5.19 Å². The Labute approximate surface area is 386 Å². The average Bonchev–Trinajstić information content (AvgIpc) is 3.56. The second-order valence-corrected chi connectivity index (χ2v) is 17.4. The van der Waals surface area contributed by atoms with Gasteiger partial charge in [-0.25, -0.2) is 23.3 Å². The summed E-state index contributed by atoms with van der Waals surface area (Å²) in [5, 5.41) is 1.28. The number of hydrogen-bond donors (Lipinski definition) is 0. The number of benzene rings is 5. The monoisotopic (exact) mass is 1040 g/mol. The predicted octanol–water partition coefficient (Wildman–Crippen LogP) is 8.97. The van der Waals surface area contributed by atoms with Crippen molar-refractivity contribution >= 4 is 32.7 Å². The number of nitrogens with zero attached hydrogens (tertiary/aromatic N) is 5. The molecule has 8 rings (SSSR count). The fraction of sp³-hybridized carbons (Fsp3) is 0.0682. The van der Waals surface area contributed by atoms with E-state index in [0.29, 0.717) is 5.69 Å². The van der Waals surface area contributed by atoms with Crippen molar-refractivity contribution in [3.05, 3.63) is 178 Å². The zero-order valence-electron chi connectivity index (χ0n) is 30.5. The second-order valence-electron chi connectivity index (χ2n) is 12.4. The van der Waals surface area contributed by atoms with Crippen LogP contribution in [0.2, 0.25) is 19.6 Å². The molecule has 0 fully saturated rings. The van der Waals surface area contributed by atoms with Gasteiger partial charge in [0.15, 0.2) is 0 Å². The Morgan fingerprint density at radius 2 is 1.28 bits per heavy atom. The van der Waals surface area contributed by atoms with E-state index in [1.807, 2.05) is 116 Å². The number of rotatable bonds is 6. The Kier molecular flexibility index (Phi) is 19.1. The molecule has 0 atom stereocenters. The average molecular weight is 1040 g/mol. The maximum Gasteiger partial charge on any atom is 3.00 e. The van der Waals surface area contributed by atoms with Crippen LogP contribution >= 0.6 is 0 Å². The van der Waals surface area contributed by atoms with E-state index in [4.69, 9.17) is 4.98 Å². The second kappa shape index (κ2) is 21.9. The Morgan fingerprint density at radius 1 is 0.648 bits per heavy atom. The fourth-order valence-corrected chi connectivity index (χ4v) is 6.16. The molecule has 5 radical (unpaired) electrons. The molecule has 0 N–H and O–H groups in total. The molecule has 3 heterocycles. The molecule has 0 unspecified atom stereocenters. The first-order valence-corrected chi connectivity index (χ1v) is 19.5. The molecule has 54 heavy (non-hydrogen) atoms. The van der Waals surface area contributed by atoms with Gasteiger partial charge in [-0.2, -0.15) is 30.0 Å². The largest absolute Gasteiger partial charge is 3.00 e. The Bertz CT molecular complexity index is 2300. The SMILES string of the molecule is C[Si](C)(C)c1cnc(-c2[c-]cccc2)nc1.[B].[CH3-].[Ir].[Y+3].[Y].[c-]1ccc(-c2[c-]cc(-c3[c-]cccc3)[c-]n2)[c-]c1-c1nc2ccccc2n1-c1ccccc1. The molecule has 0 aliphatic carbocycles. The van der Waals surface area contributed by atoms with Crippen molar-refractivity contribution < 1.29 is 85.5 Å². The van der Waals surface area contributed by atoms with Crippen LogP contribution in [-0.4, -0.2) is 41.0 Å². The molecule has 0 saturated heterocycles. The van der Waals surface area contributed by atoms with Gasteiger partial charge in [0.05, 0.1) is 24.9 Å². The summed E-state index contributed by atoms with van der Waals surface area (Å²) in [5.74, 6) is 1.53. The van der Waals surface area contributed by atoms with E-state index >= 15 is 0 Å². The van der Waals surface area contributed by atoms with Gasteiger partial charge in [-0.15, -0.1) is 42.0 Å². The first kappa shape index (κ1) is 47.1. The molecule has 0 aliphatic heterocycles. The number of aromatic nitrogens is 5. The van der Waals surface area contributed by atoms with Crippen LogP contribution in [0.25, 0.3) is 61.9 Å². The molecule has 0 bridgehead atoms. The third-order valence-corrected chi connectivity index (χ3v) is 9.89. The van der Waals surface area contributed by atoms with Gasteiger partial charge in [-0.05, 0) is 35.3 Å². The quantitative estimate of drug-likeness (QED) is 0.123. The smallest absolute Gasteiger partial charge is 0.391 e. The van der Waals surface area contributed by atoms with Crippen LogP contribution in [0.15, 0.2) is 134 Å². The molecular formula is C44H34BIrN5SiY2-4. The molecule has 261 valence electrons. The summed E-state index contributed by atoms with van der Waals surface area (Å²) in [7, 11) is -1.29. The van der Waals surface area contributed by atoms with Gasteiger partial charge in [0, 0.05) is 79.3 Å². The first-order chi connectivity index (χ1) is 23.9. The van der Waals surface area contributed by atoms with Gasteiger partial charge in [-0.3, -0.25) is 33.7 Å². The standard InChI is InChI=1S/C30H16N3.C13H15N2Si.CH3.B.Ir.2Y/c1-3-10-22(11-4-1)25-18-19-27(31-21-25)23-12-9-13-24(20-23)30-32-28-16-7-8-17-29(28)33(30)26-14-5-2-6-15-26;1-16(2,3)12-9-14-13(15-10-12)11-7-5-4-6-8-11;;;;;/h1-10,12,14-18H;4-7,9-10H,1-3H3;1H3;;;;/q-5;2*-1;;;;+3. The summed E-state index contributed by atoms with van der Waals surface area (Å²) >= 11 is 0. The molecular weight excluding hydrogens is 1010 g/mol. The molecule has 10 heteroatoms. The van der Waals surface area contributed by atoms with Crippen LogP contribution < -0.4 is 5.19 Å². The molecule has 0 amide bonds. The van der Waals surface area contributed by atoms with Gasteiger partial charge in [-0.1, -0.05) is 56.2 Å². The van der Waals surface area contributed by atoms with Crippen molar-refractivity contribution in [2.45, 2.75) is 19.6 Å². The van der Waals surface area contributed by atoms with E-state index in [-0.39, 0.29) is 101 Å². The van der Waals surface area contributed by atoms with Crippen molar-refractivity contribution in [2.75, 3.05) is 0 Å². The van der Waals surface area contributed by atoms with E-state index in [1.54, 1.807) is 0 Å². The zero-order valence-corrected chi connectivity index (χ0v) is 39.6. The number of fused-ring (bicyclic) bond motifs is 1. The molecule has 5 nitrogen and oxygen atoms in total. The maximum absolute atomic E-state index is 4.91. The van der Waals surface area contributed by atoms with Crippen molar-refractivity contribution in [3.8, 4) is 50.8 Å². The normalized spacial score (nSPS) is 10.1. The topological polar surface area (TPSA) is 56.5 Å². The zero-order chi connectivity index (χ0) is 33.6. The van der Waals surface area contributed by atoms with E-state index in [0.717, 1.165) is 56.2 Å². The van der Waals surface area contributed by atoms with Crippen LogP contribution in [-0.2, 0) is 85.5 Å². The van der Waals surface area contributed by atoms with Crippen molar-refractivity contribution in [1.29, 1.82) is 0 Å². The summed E-state index contributed by atoms with van der Waals surface area (Å²) in [5.41, 5.74) is 7.99. The molecule has 0 saturated carbocycles. The summed E-state index contributed by atoms with van der Waals surface area (Å²) in [6, 6.07) is 55.9. The van der Waals surface area contributed by atoms with Gasteiger partial charge in [0.2, 0.25) is 0 Å². The first-order valence-electron chi connectivity index (χ1n) is 16.0. The van der Waals surface area contributed by atoms with Crippen molar-refractivity contribution in [2.24, 2.45) is 0 Å². The molecule has 0 aliphatic rings. The van der Waals surface area contributed by atoms with Crippen molar-refractivity contribution in [1.82, 2.24) is 24.5 Å². The molecule has 5 aromatic carbocycles. The molecule has 3 aromatic heterocycles. The summed E-state index contributed by atoms with van der Waals surface area (Å²) in [4.78, 5) is 18.2. The Hall–Kier alpha value is -3.06. The molecule has 8 aromatic rings.